The van der Waals surface area contributed by atoms with Crippen LogP contribution in [0.1, 0.15) is 31.1 Å². The van der Waals surface area contributed by atoms with Gasteiger partial charge in [-0.1, -0.05) is 0 Å². The zero-order valence-electron chi connectivity index (χ0n) is 8.05. The second-order valence-electron chi connectivity index (χ2n) is 3.84. The number of hydrogen-bond donors (Lipinski definition) is 2. The van der Waals surface area contributed by atoms with Gasteiger partial charge in [-0.25, -0.2) is 5.43 Å². The summed E-state index contributed by atoms with van der Waals surface area (Å²) in [6.07, 6.45) is 0. The summed E-state index contributed by atoms with van der Waals surface area (Å²) in [4.78, 5) is 11.4. The first kappa shape index (κ1) is 10.2. The number of carbonyl (C=O) groups is 1. The van der Waals surface area contributed by atoms with E-state index in [4.69, 9.17) is 0 Å². The van der Waals surface area contributed by atoms with Gasteiger partial charge in [-0.2, -0.15) is 11.3 Å². The van der Waals surface area contributed by atoms with E-state index in [-0.39, 0.29) is 11.4 Å². The smallest absolute Gasteiger partial charge is 0.266 e. The number of nitrogens with one attached hydrogen (secondary N) is 2. The van der Waals surface area contributed by atoms with Gasteiger partial charge in [0, 0.05) is 10.9 Å². The van der Waals surface area contributed by atoms with E-state index in [0.717, 1.165) is 0 Å². The summed E-state index contributed by atoms with van der Waals surface area (Å²) in [6, 6.07) is 1.80. The van der Waals surface area contributed by atoms with Crippen LogP contribution >= 0.6 is 11.3 Å². The standard InChI is InChI=1S/C9H14N2OS/c1-9(2,3)11-10-8(12)7-4-5-13-6-7/h4-6,11H,1-3H3,(H,10,12). The fraction of sp³-hybridized carbons (Fsp3) is 0.444. The van der Waals surface area contributed by atoms with Crippen LogP contribution in [0.5, 0.6) is 0 Å². The molecule has 0 saturated heterocycles. The Labute approximate surface area is 82.1 Å². The van der Waals surface area contributed by atoms with E-state index in [1.807, 2.05) is 31.5 Å². The maximum Gasteiger partial charge on any atom is 0.266 e. The van der Waals surface area contributed by atoms with Gasteiger partial charge in [0.1, 0.15) is 0 Å². The average molecular weight is 198 g/mol. The second kappa shape index (κ2) is 3.89. The summed E-state index contributed by atoms with van der Waals surface area (Å²) in [5.41, 5.74) is 6.15. The maximum absolute atomic E-state index is 11.4. The molecular formula is C9H14N2OS. The third-order valence-corrected chi connectivity index (χ3v) is 2.02. The first-order valence-corrected chi connectivity index (χ1v) is 5.03. The molecule has 3 nitrogen and oxygen atoms in total. The van der Waals surface area contributed by atoms with Crippen LogP contribution in [0.3, 0.4) is 0 Å². The molecule has 72 valence electrons. The molecule has 2 N–H and O–H groups in total. The van der Waals surface area contributed by atoms with Gasteiger partial charge in [-0.15, -0.1) is 0 Å². The lowest BCUT2D eigenvalue weighted by Gasteiger charge is -2.20. The van der Waals surface area contributed by atoms with E-state index >= 15 is 0 Å². The van der Waals surface area contributed by atoms with Crippen molar-refractivity contribution in [2.75, 3.05) is 0 Å². The molecule has 0 aliphatic carbocycles. The second-order valence-corrected chi connectivity index (χ2v) is 4.62. The molecule has 4 heteroatoms. The number of hydrazine groups is 1. The minimum atomic E-state index is -0.105. The van der Waals surface area contributed by atoms with Gasteiger partial charge in [-0.3, -0.25) is 10.2 Å². The van der Waals surface area contributed by atoms with Crippen LogP contribution in [0.15, 0.2) is 16.8 Å². The fourth-order valence-corrected chi connectivity index (χ4v) is 1.35. The molecule has 1 amide bonds. The Hall–Kier alpha value is -0.870. The molecule has 0 aliphatic heterocycles. The zero-order chi connectivity index (χ0) is 9.90. The van der Waals surface area contributed by atoms with Crippen molar-refractivity contribution >= 4 is 17.2 Å². The summed E-state index contributed by atoms with van der Waals surface area (Å²) in [5.74, 6) is -0.0869. The first-order chi connectivity index (χ1) is 5.99. The van der Waals surface area contributed by atoms with E-state index in [2.05, 4.69) is 10.9 Å². The van der Waals surface area contributed by atoms with Crippen LogP contribution in [0, 0.1) is 0 Å². The molecule has 0 aliphatic rings. The number of thiophene rings is 1. The number of amides is 1. The van der Waals surface area contributed by atoms with Crippen molar-refractivity contribution in [1.82, 2.24) is 10.9 Å². The van der Waals surface area contributed by atoms with Gasteiger partial charge >= 0.3 is 0 Å². The summed E-state index contributed by atoms with van der Waals surface area (Å²) >= 11 is 1.51. The molecular weight excluding hydrogens is 184 g/mol. The van der Waals surface area contributed by atoms with Gasteiger partial charge in [0.05, 0.1) is 5.56 Å². The molecule has 1 aromatic rings. The monoisotopic (exact) mass is 198 g/mol. The zero-order valence-corrected chi connectivity index (χ0v) is 8.87. The van der Waals surface area contributed by atoms with Crippen molar-refractivity contribution < 1.29 is 4.79 Å². The highest BCUT2D eigenvalue weighted by molar-refractivity contribution is 7.08. The van der Waals surface area contributed by atoms with Crippen LogP contribution < -0.4 is 10.9 Å². The largest absolute Gasteiger partial charge is 0.287 e. The van der Waals surface area contributed by atoms with Crippen molar-refractivity contribution in [3.8, 4) is 0 Å². The summed E-state index contributed by atoms with van der Waals surface area (Å²) in [5, 5.41) is 3.70. The first-order valence-electron chi connectivity index (χ1n) is 4.09. The molecule has 13 heavy (non-hydrogen) atoms. The van der Waals surface area contributed by atoms with Crippen molar-refractivity contribution in [2.24, 2.45) is 0 Å². The molecule has 0 atom stereocenters. The van der Waals surface area contributed by atoms with Gasteiger partial charge < -0.3 is 0 Å². The number of rotatable bonds is 2. The highest BCUT2D eigenvalue weighted by atomic mass is 32.1. The Balaban J connectivity index is 2.44. The van der Waals surface area contributed by atoms with E-state index in [1.54, 1.807) is 6.07 Å². The lowest BCUT2D eigenvalue weighted by molar-refractivity contribution is 0.0915. The molecule has 1 aromatic heterocycles. The molecule has 0 unspecified atom stereocenters. The van der Waals surface area contributed by atoms with Crippen LogP contribution in [0.25, 0.3) is 0 Å². The lowest BCUT2D eigenvalue weighted by atomic mass is 10.1. The Kier molecular flexibility index (Phi) is 3.06. The SMILES string of the molecule is CC(C)(C)NNC(=O)c1ccsc1. The normalized spacial score (nSPS) is 11.3. The van der Waals surface area contributed by atoms with Crippen LogP contribution in [-0.4, -0.2) is 11.4 Å². The third-order valence-electron chi connectivity index (χ3n) is 1.33. The Morgan fingerprint density at radius 1 is 1.46 bits per heavy atom. The predicted octanol–water partition coefficient (Wildman–Crippen LogP) is 1.78. The van der Waals surface area contributed by atoms with Crippen molar-refractivity contribution in [3.05, 3.63) is 22.4 Å². The van der Waals surface area contributed by atoms with Crippen molar-refractivity contribution in [3.63, 3.8) is 0 Å². The quantitative estimate of drug-likeness (QED) is 0.711. The van der Waals surface area contributed by atoms with Crippen LogP contribution in [0.4, 0.5) is 0 Å². The van der Waals surface area contributed by atoms with Crippen LogP contribution in [-0.2, 0) is 0 Å². The highest BCUT2D eigenvalue weighted by Gasteiger charge is 2.11. The van der Waals surface area contributed by atoms with Crippen molar-refractivity contribution in [2.45, 2.75) is 26.3 Å². The van der Waals surface area contributed by atoms with Crippen molar-refractivity contribution in [1.29, 1.82) is 0 Å². The fourth-order valence-electron chi connectivity index (χ4n) is 0.710. The topological polar surface area (TPSA) is 41.1 Å². The number of carbonyl (C=O) groups excluding carboxylic acids is 1. The molecule has 0 aromatic carbocycles. The molecule has 0 bridgehead atoms. The summed E-state index contributed by atoms with van der Waals surface area (Å²) < 4.78 is 0. The molecule has 1 heterocycles. The minimum Gasteiger partial charge on any atom is -0.287 e. The van der Waals surface area contributed by atoms with Gasteiger partial charge in [0.25, 0.3) is 5.91 Å². The van der Waals surface area contributed by atoms with Gasteiger partial charge in [0.15, 0.2) is 0 Å². The molecule has 0 spiro atoms. The summed E-state index contributed by atoms with van der Waals surface area (Å²) in [6.45, 7) is 5.96. The molecule has 0 radical (unpaired) electrons. The molecule has 0 fully saturated rings. The van der Waals surface area contributed by atoms with E-state index in [9.17, 15) is 4.79 Å². The minimum absolute atomic E-state index is 0.0869. The predicted molar refractivity (Wildman–Crippen MR) is 54.7 cm³/mol. The maximum atomic E-state index is 11.4. The summed E-state index contributed by atoms with van der Waals surface area (Å²) in [7, 11) is 0. The van der Waals surface area contributed by atoms with E-state index in [1.165, 1.54) is 11.3 Å². The number of hydrogen-bond acceptors (Lipinski definition) is 3. The Morgan fingerprint density at radius 3 is 2.62 bits per heavy atom. The lowest BCUT2D eigenvalue weighted by Crippen LogP contribution is -2.48. The average Bonchev–Trinajstić information content (AvgIpc) is 2.50. The van der Waals surface area contributed by atoms with E-state index in [0.29, 0.717) is 5.56 Å². The Bertz CT molecular complexity index is 274. The highest BCUT2D eigenvalue weighted by Crippen LogP contribution is 2.05. The molecule has 0 saturated carbocycles. The van der Waals surface area contributed by atoms with Gasteiger partial charge in [0.2, 0.25) is 0 Å². The van der Waals surface area contributed by atoms with Gasteiger partial charge in [-0.05, 0) is 32.2 Å². The third kappa shape index (κ3) is 3.57. The Morgan fingerprint density at radius 2 is 2.15 bits per heavy atom. The molecule has 1 rings (SSSR count). The van der Waals surface area contributed by atoms with Crippen LogP contribution in [0.2, 0.25) is 0 Å². The van der Waals surface area contributed by atoms with E-state index < -0.39 is 0 Å².